The first-order valence-electron chi connectivity index (χ1n) is 6.40. The summed E-state index contributed by atoms with van der Waals surface area (Å²) in [6, 6.07) is 5.88. The minimum Gasteiger partial charge on any atom is -0.465 e. The van der Waals surface area contributed by atoms with Crippen LogP contribution >= 0.6 is 0 Å². The molecule has 0 bridgehead atoms. The maximum atomic E-state index is 11.4. The van der Waals surface area contributed by atoms with E-state index in [2.05, 4.69) is 5.32 Å². The van der Waals surface area contributed by atoms with E-state index in [0.29, 0.717) is 11.6 Å². The van der Waals surface area contributed by atoms with Gasteiger partial charge in [-0.3, -0.25) is 4.21 Å². The van der Waals surface area contributed by atoms with Gasteiger partial charge in [-0.15, -0.1) is 0 Å². The van der Waals surface area contributed by atoms with Crippen LogP contribution in [0, 0.1) is 6.92 Å². The van der Waals surface area contributed by atoms with Gasteiger partial charge < -0.3 is 10.1 Å². The summed E-state index contributed by atoms with van der Waals surface area (Å²) in [6.07, 6.45) is 1.87. The Labute approximate surface area is 116 Å². The molecule has 19 heavy (non-hydrogen) atoms. The van der Waals surface area contributed by atoms with Crippen LogP contribution in [-0.2, 0) is 15.5 Å². The zero-order chi connectivity index (χ0) is 13.8. The lowest BCUT2D eigenvalue weighted by molar-refractivity contribution is 0.0600. The molecule has 1 aliphatic heterocycles. The molecule has 1 heterocycles. The summed E-state index contributed by atoms with van der Waals surface area (Å²) >= 11 is 0. The third-order valence-electron chi connectivity index (χ3n) is 3.40. The predicted octanol–water partition coefficient (Wildman–Crippen LogP) is 2.10. The number of nitrogens with one attached hydrogen (secondary N) is 1. The van der Waals surface area contributed by atoms with E-state index >= 15 is 0 Å². The molecule has 1 fully saturated rings. The topological polar surface area (TPSA) is 55.4 Å². The second-order valence-corrected chi connectivity index (χ2v) is 6.48. The van der Waals surface area contributed by atoms with Crippen molar-refractivity contribution in [2.24, 2.45) is 0 Å². The van der Waals surface area contributed by atoms with Crippen molar-refractivity contribution in [2.45, 2.75) is 25.8 Å². The quantitative estimate of drug-likeness (QED) is 0.862. The molecule has 5 heteroatoms. The van der Waals surface area contributed by atoms with Crippen molar-refractivity contribution in [2.75, 3.05) is 23.9 Å². The van der Waals surface area contributed by atoms with E-state index in [1.54, 1.807) is 6.07 Å². The second kappa shape index (κ2) is 6.19. The van der Waals surface area contributed by atoms with Gasteiger partial charge in [0.25, 0.3) is 0 Å². The van der Waals surface area contributed by atoms with Crippen molar-refractivity contribution < 1.29 is 13.7 Å². The summed E-state index contributed by atoms with van der Waals surface area (Å²) in [7, 11) is 0.744. The van der Waals surface area contributed by atoms with Gasteiger partial charge in [-0.2, -0.15) is 0 Å². The lowest BCUT2D eigenvalue weighted by Gasteiger charge is -2.24. The van der Waals surface area contributed by atoms with E-state index in [-0.39, 0.29) is 5.97 Å². The Morgan fingerprint density at radius 1 is 1.37 bits per heavy atom. The van der Waals surface area contributed by atoms with Gasteiger partial charge in [-0.1, -0.05) is 0 Å². The number of carbonyl (C=O) groups is 1. The maximum Gasteiger partial charge on any atom is 0.337 e. The Balaban J connectivity index is 2.05. The molecule has 1 aliphatic rings. The standard InChI is InChI=1S/C14H19NO3S/c1-10-9-11(14(16)18-2)3-4-13(10)15-12-5-7-19(17)8-6-12/h3-4,9,12,15H,5-8H2,1-2H3. The van der Waals surface area contributed by atoms with Gasteiger partial charge in [0.2, 0.25) is 0 Å². The van der Waals surface area contributed by atoms with Crippen LogP contribution < -0.4 is 5.32 Å². The van der Waals surface area contributed by atoms with Gasteiger partial charge >= 0.3 is 5.97 Å². The molecule has 0 spiro atoms. The van der Waals surface area contributed by atoms with Gasteiger partial charge in [0.05, 0.1) is 12.7 Å². The molecule has 0 amide bonds. The summed E-state index contributed by atoms with van der Waals surface area (Å²) in [6.45, 7) is 1.97. The largest absolute Gasteiger partial charge is 0.465 e. The number of esters is 1. The molecule has 0 aromatic heterocycles. The third kappa shape index (κ3) is 3.56. The van der Waals surface area contributed by atoms with Gasteiger partial charge in [0, 0.05) is 34.0 Å². The normalized spacial score (nSPS) is 22.8. The second-order valence-electron chi connectivity index (χ2n) is 4.79. The van der Waals surface area contributed by atoms with Crippen molar-refractivity contribution in [3.63, 3.8) is 0 Å². The molecule has 1 aromatic carbocycles. The molecule has 1 N–H and O–H groups in total. The average Bonchev–Trinajstić information content (AvgIpc) is 2.42. The first kappa shape index (κ1) is 14.1. The van der Waals surface area contributed by atoms with Crippen LogP contribution in [0.25, 0.3) is 0 Å². The van der Waals surface area contributed by atoms with E-state index in [1.165, 1.54) is 7.11 Å². The Bertz CT molecular complexity index is 491. The third-order valence-corrected chi connectivity index (χ3v) is 4.78. The van der Waals surface area contributed by atoms with E-state index < -0.39 is 10.8 Å². The van der Waals surface area contributed by atoms with Gasteiger partial charge in [-0.25, -0.2) is 4.79 Å². The fraction of sp³-hybridized carbons (Fsp3) is 0.500. The van der Waals surface area contributed by atoms with Crippen molar-refractivity contribution in [3.05, 3.63) is 29.3 Å². The number of benzene rings is 1. The smallest absolute Gasteiger partial charge is 0.337 e. The summed E-state index contributed by atoms with van der Waals surface area (Å²) in [4.78, 5) is 11.4. The van der Waals surface area contributed by atoms with Crippen LogP contribution in [-0.4, -0.2) is 34.8 Å². The number of rotatable bonds is 3. The highest BCUT2D eigenvalue weighted by atomic mass is 32.2. The molecule has 0 aliphatic carbocycles. The highest BCUT2D eigenvalue weighted by molar-refractivity contribution is 7.85. The zero-order valence-electron chi connectivity index (χ0n) is 11.3. The average molecular weight is 281 g/mol. The minimum absolute atomic E-state index is 0.317. The molecular weight excluding hydrogens is 262 g/mol. The lowest BCUT2D eigenvalue weighted by Crippen LogP contribution is -2.29. The van der Waals surface area contributed by atoms with Crippen LogP contribution in [0.1, 0.15) is 28.8 Å². The van der Waals surface area contributed by atoms with Crippen molar-refractivity contribution in [1.82, 2.24) is 0 Å². The Kier molecular flexibility index (Phi) is 4.58. The number of methoxy groups -OCH3 is 1. The highest BCUT2D eigenvalue weighted by Gasteiger charge is 2.18. The van der Waals surface area contributed by atoms with E-state index in [9.17, 15) is 9.00 Å². The monoisotopic (exact) mass is 281 g/mol. The van der Waals surface area contributed by atoms with Crippen molar-refractivity contribution in [3.8, 4) is 0 Å². The summed E-state index contributed by atoms with van der Waals surface area (Å²) in [5.41, 5.74) is 2.62. The number of ether oxygens (including phenoxy) is 1. The van der Waals surface area contributed by atoms with Crippen LogP contribution in [0.15, 0.2) is 18.2 Å². The molecular formula is C14H19NO3S. The number of anilines is 1. The summed E-state index contributed by atoms with van der Waals surface area (Å²) in [5, 5.41) is 3.47. The molecule has 0 saturated carbocycles. The first-order chi connectivity index (χ1) is 9.10. The van der Waals surface area contributed by atoms with Crippen LogP contribution in [0.3, 0.4) is 0 Å². The molecule has 4 nitrogen and oxygen atoms in total. The minimum atomic E-state index is -0.637. The number of hydrogen-bond acceptors (Lipinski definition) is 4. The SMILES string of the molecule is COC(=O)c1ccc(NC2CCS(=O)CC2)c(C)c1. The Morgan fingerprint density at radius 3 is 2.63 bits per heavy atom. The van der Waals surface area contributed by atoms with Crippen LogP contribution in [0.2, 0.25) is 0 Å². The lowest BCUT2D eigenvalue weighted by atomic mass is 10.1. The van der Waals surface area contributed by atoms with E-state index in [1.807, 2.05) is 19.1 Å². The van der Waals surface area contributed by atoms with Gasteiger partial charge in [0.15, 0.2) is 0 Å². The Hall–Kier alpha value is -1.36. The summed E-state index contributed by atoms with van der Waals surface area (Å²) in [5.74, 6) is 1.23. The Morgan fingerprint density at radius 2 is 2.05 bits per heavy atom. The number of hydrogen-bond donors (Lipinski definition) is 1. The zero-order valence-corrected chi connectivity index (χ0v) is 12.1. The predicted molar refractivity (Wildman–Crippen MR) is 77.0 cm³/mol. The number of carbonyl (C=O) groups excluding carboxylic acids is 1. The van der Waals surface area contributed by atoms with E-state index in [0.717, 1.165) is 35.6 Å². The first-order valence-corrected chi connectivity index (χ1v) is 7.89. The molecule has 1 aromatic rings. The molecule has 0 radical (unpaired) electrons. The van der Waals surface area contributed by atoms with Crippen LogP contribution in [0.4, 0.5) is 5.69 Å². The fourth-order valence-electron chi connectivity index (χ4n) is 2.23. The van der Waals surface area contributed by atoms with Gasteiger partial charge in [-0.05, 0) is 43.5 Å². The highest BCUT2D eigenvalue weighted by Crippen LogP contribution is 2.21. The van der Waals surface area contributed by atoms with Crippen molar-refractivity contribution >= 4 is 22.5 Å². The van der Waals surface area contributed by atoms with E-state index in [4.69, 9.17) is 4.74 Å². The maximum absolute atomic E-state index is 11.4. The van der Waals surface area contributed by atoms with Crippen molar-refractivity contribution in [1.29, 1.82) is 0 Å². The molecule has 104 valence electrons. The molecule has 2 rings (SSSR count). The molecule has 0 unspecified atom stereocenters. The molecule has 1 saturated heterocycles. The van der Waals surface area contributed by atoms with Gasteiger partial charge in [0.1, 0.15) is 0 Å². The molecule has 0 atom stereocenters. The fourth-order valence-corrected chi connectivity index (χ4v) is 3.53. The van der Waals surface area contributed by atoms with Crippen LogP contribution in [0.5, 0.6) is 0 Å². The summed E-state index contributed by atoms with van der Waals surface area (Å²) < 4.78 is 16.0. The number of aryl methyl sites for hydroxylation is 1.